The third-order valence-corrected chi connectivity index (χ3v) is 4.97. The van der Waals surface area contributed by atoms with E-state index in [9.17, 15) is 4.79 Å². The number of amides is 1. The van der Waals surface area contributed by atoms with Gasteiger partial charge in [0.25, 0.3) is 5.91 Å². The zero-order valence-corrected chi connectivity index (χ0v) is 16.1. The van der Waals surface area contributed by atoms with Gasteiger partial charge in [-0.2, -0.15) is 0 Å². The highest BCUT2D eigenvalue weighted by Crippen LogP contribution is 2.12. The van der Waals surface area contributed by atoms with Gasteiger partial charge in [-0.3, -0.25) is 15.1 Å². The summed E-state index contributed by atoms with van der Waals surface area (Å²) >= 11 is 9.18. The van der Waals surface area contributed by atoms with E-state index in [2.05, 4.69) is 33.0 Å². The molecule has 1 aromatic rings. The van der Waals surface area contributed by atoms with Gasteiger partial charge in [0, 0.05) is 37.7 Å². The van der Waals surface area contributed by atoms with Gasteiger partial charge >= 0.3 is 0 Å². The van der Waals surface area contributed by atoms with Crippen molar-refractivity contribution >= 4 is 39.1 Å². The Balaban J connectivity index is 1.78. The molecule has 1 aliphatic heterocycles. The average Bonchev–Trinajstić information content (AvgIpc) is 2.60. The van der Waals surface area contributed by atoms with Crippen molar-refractivity contribution in [2.75, 3.05) is 39.8 Å². The molecule has 0 aliphatic carbocycles. The molecule has 3 N–H and O–H groups in total. The number of quaternary nitrogens is 1. The second kappa shape index (κ2) is 9.32. The lowest BCUT2D eigenvalue weighted by molar-refractivity contribution is -0.556. The molecular formula is C17H23BrClN4O+. The Morgan fingerprint density at radius 1 is 1.29 bits per heavy atom. The summed E-state index contributed by atoms with van der Waals surface area (Å²) in [5.41, 5.74) is 1.28. The average molecular weight is 415 g/mol. The largest absolute Gasteiger partial charge is 0.335 e. The predicted octanol–water partition coefficient (Wildman–Crippen LogP) is 1.48. The van der Waals surface area contributed by atoms with Crippen LogP contribution in [0.3, 0.4) is 0 Å². The molecule has 1 aromatic carbocycles. The van der Waals surface area contributed by atoms with E-state index in [0.717, 1.165) is 31.1 Å². The molecule has 1 saturated heterocycles. The number of carbonyl (C=O) groups is 1. The smallest absolute Gasteiger partial charge is 0.273 e. The number of nitrogens with one attached hydrogen (secondary N) is 1. The van der Waals surface area contributed by atoms with E-state index >= 15 is 0 Å². The van der Waals surface area contributed by atoms with E-state index in [0.29, 0.717) is 17.6 Å². The maximum Gasteiger partial charge on any atom is 0.273 e. The lowest BCUT2D eigenvalue weighted by Crippen LogP contribution is -2.73. The number of rotatable bonds is 6. The summed E-state index contributed by atoms with van der Waals surface area (Å²) < 4.78 is 0.528. The van der Waals surface area contributed by atoms with Crippen LogP contribution in [0.1, 0.15) is 5.56 Å². The van der Waals surface area contributed by atoms with Crippen molar-refractivity contribution in [3.63, 3.8) is 0 Å². The second-order valence-corrected chi connectivity index (χ2v) is 7.02. The summed E-state index contributed by atoms with van der Waals surface area (Å²) in [6, 6.07) is 7.94. The van der Waals surface area contributed by atoms with E-state index in [1.807, 2.05) is 19.2 Å². The molecule has 1 aliphatic rings. The van der Waals surface area contributed by atoms with Crippen LogP contribution in [-0.4, -0.2) is 61.2 Å². The molecule has 0 aromatic heterocycles. The predicted molar refractivity (Wildman–Crippen MR) is 101 cm³/mol. The normalized spacial score (nSPS) is 16.3. The van der Waals surface area contributed by atoms with Crippen LogP contribution in [-0.2, 0) is 11.2 Å². The second-order valence-electron chi connectivity index (χ2n) is 5.73. The summed E-state index contributed by atoms with van der Waals surface area (Å²) in [6.07, 6.45) is 2.70. The first-order chi connectivity index (χ1) is 11.5. The van der Waals surface area contributed by atoms with E-state index < -0.39 is 0 Å². The van der Waals surface area contributed by atoms with Gasteiger partial charge in [-0.15, -0.1) is 0 Å². The third kappa shape index (κ3) is 5.41. The highest BCUT2D eigenvalue weighted by atomic mass is 79.9. The maximum absolute atomic E-state index is 12.3. The monoisotopic (exact) mass is 413 g/mol. The summed E-state index contributed by atoms with van der Waals surface area (Å²) in [4.78, 5) is 16.4. The van der Waals surface area contributed by atoms with Gasteiger partial charge in [0.05, 0.1) is 7.05 Å². The highest BCUT2D eigenvalue weighted by molar-refractivity contribution is 9.12. The minimum atomic E-state index is -0.211. The zero-order chi connectivity index (χ0) is 17.5. The van der Waals surface area contributed by atoms with Gasteiger partial charge in [-0.1, -0.05) is 23.7 Å². The number of nitrogens with zero attached hydrogens (tertiary/aromatic N) is 2. The quantitative estimate of drug-likeness (QED) is 0.693. The van der Waals surface area contributed by atoms with Gasteiger partial charge in [0.1, 0.15) is 16.4 Å². The molecular weight excluding hydrogens is 392 g/mol. The van der Waals surface area contributed by atoms with Crippen LogP contribution in [0.25, 0.3) is 0 Å². The molecule has 2 rings (SSSR count). The van der Waals surface area contributed by atoms with Crippen LogP contribution in [0, 0.1) is 5.41 Å². The van der Waals surface area contributed by atoms with Crippen molar-refractivity contribution in [1.29, 1.82) is 5.41 Å². The van der Waals surface area contributed by atoms with Crippen molar-refractivity contribution in [3.05, 3.63) is 45.5 Å². The number of carbonyl (C=O) groups excluding carboxylic acids is 1. The number of hydrogen-bond acceptors (Lipinski definition) is 3. The lowest BCUT2D eigenvalue weighted by Gasteiger charge is -2.34. The molecule has 0 unspecified atom stereocenters. The SMILES string of the molecule is C[NH2+]/C=C(/Br)C(=N)C(=O)N1CCN(CCc2ccc(Cl)cc2)CC1. The van der Waals surface area contributed by atoms with E-state index in [1.54, 1.807) is 16.4 Å². The third-order valence-electron chi connectivity index (χ3n) is 4.06. The Bertz CT molecular complexity index is 610. The first-order valence-electron chi connectivity index (χ1n) is 8.01. The standard InChI is InChI=1S/C17H22BrClN4O/c1-21-12-15(18)16(20)17(24)23-10-8-22(9-11-23)7-6-13-2-4-14(19)5-3-13/h2-5,12,20-21H,6-11H2,1H3/p+1/b15-12+,20-16?. The molecule has 0 atom stereocenters. The fourth-order valence-electron chi connectivity index (χ4n) is 2.60. The molecule has 0 saturated carbocycles. The summed E-state index contributed by atoms with van der Waals surface area (Å²) in [7, 11) is 1.86. The highest BCUT2D eigenvalue weighted by Gasteiger charge is 2.25. The van der Waals surface area contributed by atoms with E-state index in [-0.39, 0.29) is 11.6 Å². The van der Waals surface area contributed by atoms with E-state index in [1.165, 1.54) is 5.56 Å². The first-order valence-corrected chi connectivity index (χ1v) is 9.18. The van der Waals surface area contributed by atoms with Gasteiger partial charge in [-0.25, -0.2) is 0 Å². The van der Waals surface area contributed by atoms with E-state index in [4.69, 9.17) is 17.0 Å². The molecule has 24 heavy (non-hydrogen) atoms. The van der Waals surface area contributed by atoms with Crippen molar-refractivity contribution in [2.24, 2.45) is 0 Å². The van der Waals surface area contributed by atoms with Crippen LogP contribution < -0.4 is 5.32 Å². The van der Waals surface area contributed by atoms with Crippen molar-refractivity contribution < 1.29 is 10.1 Å². The number of piperazine rings is 1. The summed E-state index contributed by atoms with van der Waals surface area (Å²) in [5, 5.41) is 10.5. The Morgan fingerprint density at radius 3 is 2.50 bits per heavy atom. The Kier molecular flexibility index (Phi) is 7.42. The van der Waals surface area contributed by atoms with Gasteiger partial charge in [0.2, 0.25) is 0 Å². The number of hydrogen-bond donors (Lipinski definition) is 2. The summed E-state index contributed by atoms with van der Waals surface area (Å²) in [6.45, 7) is 3.98. The molecule has 0 spiro atoms. The zero-order valence-electron chi connectivity index (χ0n) is 13.8. The van der Waals surface area contributed by atoms with Crippen LogP contribution in [0.4, 0.5) is 0 Å². The lowest BCUT2D eigenvalue weighted by atomic mass is 10.1. The number of nitrogens with two attached hydrogens (primary N) is 1. The molecule has 7 heteroatoms. The minimum Gasteiger partial charge on any atom is -0.335 e. The Labute approximate surface area is 156 Å². The van der Waals surface area contributed by atoms with Crippen molar-refractivity contribution in [2.45, 2.75) is 6.42 Å². The molecule has 0 radical (unpaired) electrons. The molecule has 1 amide bonds. The molecule has 0 bridgehead atoms. The summed E-state index contributed by atoms with van der Waals surface area (Å²) in [5.74, 6) is -0.211. The van der Waals surface area contributed by atoms with Gasteiger partial charge in [-0.05, 0) is 40.0 Å². The Hall–Kier alpha value is -1.21. The fraction of sp³-hybridized carbons (Fsp3) is 0.412. The topological polar surface area (TPSA) is 64.0 Å². The van der Waals surface area contributed by atoms with Crippen molar-refractivity contribution in [1.82, 2.24) is 9.80 Å². The van der Waals surface area contributed by atoms with Gasteiger partial charge < -0.3 is 10.2 Å². The first kappa shape index (κ1) is 19.1. The number of halogens is 2. The van der Waals surface area contributed by atoms with Crippen LogP contribution in [0.5, 0.6) is 0 Å². The molecule has 1 fully saturated rings. The van der Waals surface area contributed by atoms with Crippen LogP contribution >= 0.6 is 27.5 Å². The number of benzene rings is 1. The van der Waals surface area contributed by atoms with Crippen LogP contribution in [0.15, 0.2) is 34.9 Å². The maximum atomic E-state index is 12.3. The van der Waals surface area contributed by atoms with Crippen molar-refractivity contribution in [3.8, 4) is 0 Å². The van der Waals surface area contributed by atoms with Gasteiger partial charge in [0.15, 0.2) is 0 Å². The fourth-order valence-corrected chi connectivity index (χ4v) is 3.16. The molecule has 130 valence electrons. The minimum absolute atomic E-state index is 0.0164. The van der Waals surface area contributed by atoms with Crippen LogP contribution in [0.2, 0.25) is 5.02 Å². The molecule has 5 nitrogen and oxygen atoms in total. The molecule has 1 heterocycles. The Morgan fingerprint density at radius 2 is 1.92 bits per heavy atom.